The van der Waals surface area contributed by atoms with Crippen LogP contribution in [0.2, 0.25) is 0 Å². The van der Waals surface area contributed by atoms with Gasteiger partial charge in [0.25, 0.3) is 5.82 Å². The van der Waals surface area contributed by atoms with E-state index < -0.39 is 0 Å². The van der Waals surface area contributed by atoms with E-state index in [2.05, 4.69) is 184 Å². The second-order valence-corrected chi connectivity index (χ2v) is 13.3. The Morgan fingerprint density at radius 3 is 1.90 bits per heavy atom. The molecule has 11 rings (SSSR count). The van der Waals surface area contributed by atoms with E-state index in [9.17, 15) is 0 Å². The van der Waals surface area contributed by atoms with Gasteiger partial charge in [-0.05, 0) is 52.6 Å². The fourth-order valence-corrected chi connectivity index (χ4v) is 8.17. The molecule has 8 aromatic carbocycles. The third-order valence-corrected chi connectivity index (χ3v) is 10.4. The normalized spacial score (nSPS) is 11.8. The van der Waals surface area contributed by atoms with Crippen LogP contribution in [0, 0.1) is 0 Å². The molecule has 3 heterocycles. The monoisotopic (exact) mass is 664 g/mol. The maximum atomic E-state index is 5.45. The number of aromatic nitrogens is 5. The largest absolute Gasteiger partial charge is 0.292 e. The molecule has 0 amide bonds. The quantitative estimate of drug-likeness (QED) is 0.150. The van der Waals surface area contributed by atoms with Crippen molar-refractivity contribution >= 4 is 65.3 Å². The van der Waals surface area contributed by atoms with Gasteiger partial charge in [-0.3, -0.25) is 4.57 Å². The lowest BCUT2D eigenvalue weighted by molar-refractivity contribution is -0.554. The maximum Gasteiger partial charge on any atom is 0.292 e. The summed E-state index contributed by atoms with van der Waals surface area (Å²) < 4.78 is 4.69. The summed E-state index contributed by atoms with van der Waals surface area (Å²) in [6.45, 7) is 0. The summed E-state index contributed by atoms with van der Waals surface area (Å²) in [5.41, 5.74) is 9.26. The van der Waals surface area contributed by atoms with Gasteiger partial charge in [0.15, 0.2) is 5.52 Å². The van der Waals surface area contributed by atoms with Crippen LogP contribution in [0.1, 0.15) is 0 Å². The summed E-state index contributed by atoms with van der Waals surface area (Å²) in [6, 6.07) is 62.0. The second kappa shape index (κ2) is 11.2. The lowest BCUT2D eigenvalue weighted by atomic mass is 9.96. The predicted molar refractivity (Wildman–Crippen MR) is 213 cm³/mol. The van der Waals surface area contributed by atoms with Gasteiger partial charge in [-0.1, -0.05) is 140 Å². The molecule has 5 heteroatoms. The van der Waals surface area contributed by atoms with Crippen LogP contribution in [-0.2, 0) is 0 Å². The highest BCUT2D eigenvalue weighted by atomic mass is 15.2. The molecule has 0 radical (unpaired) electrons. The molecule has 0 saturated heterocycles. The third-order valence-electron chi connectivity index (χ3n) is 10.4. The molecule has 242 valence electrons. The van der Waals surface area contributed by atoms with Crippen LogP contribution >= 0.6 is 0 Å². The Balaban J connectivity index is 1.42. The topological polar surface area (TPSA) is 50.4 Å². The lowest BCUT2D eigenvalue weighted by Crippen LogP contribution is -2.32. The summed E-state index contributed by atoms with van der Waals surface area (Å²) in [5.74, 6) is 1.64. The van der Waals surface area contributed by atoms with Crippen molar-refractivity contribution in [1.82, 2.24) is 19.5 Å². The molecule has 5 nitrogen and oxygen atoms in total. The van der Waals surface area contributed by atoms with Crippen LogP contribution < -0.4 is 4.57 Å². The predicted octanol–water partition coefficient (Wildman–Crippen LogP) is 11.1. The number of nitrogens with one attached hydrogen (secondary N) is 1. The van der Waals surface area contributed by atoms with Gasteiger partial charge in [-0.15, -0.1) is 0 Å². The van der Waals surface area contributed by atoms with Gasteiger partial charge in [0.05, 0.1) is 22.3 Å². The van der Waals surface area contributed by atoms with Crippen LogP contribution in [0.4, 0.5) is 0 Å². The Labute approximate surface area is 298 Å². The molecule has 0 fully saturated rings. The van der Waals surface area contributed by atoms with Crippen molar-refractivity contribution in [1.29, 1.82) is 0 Å². The maximum absolute atomic E-state index is 5.45. The lowest BCUT2D eigenvalue weighted by Gasteiger charge is -2.12. The van der Waals surface area contributed by atoms with Crippen molar-refractivity contribution in [2.75, 3.05) is 0 Å². The first kappa shape index (κ1) is 28.7. The molecular weight excluding hydrogens is 635 g/mol. The van der Waals surface area contributed by atoms with Crippen molar-refractivity contribution in [3.05, 3.63) is 176 Å². The Hall–Kier alpha value is -7.11. The standard InChI is InChI=1S/C47H29N5/c1-4-17-31(18-5-1)42-35-24-12-14-26-38(35)48-47(50-42)52-39-27-15-13-25-36(39)41-37-29-28-30-16-10-11-23-34(30)40(37)43-45(44(41)52)51(33-21-8-3-9-22-33)46(49-43)32-19-6-2-7-20-32/h1-29H/p+1. The van der Waals surface area contributed by atoms with Crippen LogP contribution in [0.5, 0.6) is 0 Å². The summed E-state index contributed by atoms with van der Waals surface area (Å²) in [6.07, 6.45) is 0. The number of imidazole rings is 1. The van der Waals surface area contributed by atoms with Crippen molar-refractivity contribution in [3.63, 3.8) is 0 Å². The highest BCUT2D eigenvalue weighted by Gasteiger charge is 2.31. The molecule has 52 heavy (non-hydrogen) atoms. The number of hydrogen-bond donors (Lipinski definition) is 1. The van der Waals surface area contributed by atoms with Crippen LogP contribution in [0.25, 0.3) is 99.6 Å². The van der Waals surface area contributed by atoms with Gasteiger partial charge >= 0.3 is 0 Å². The number of nitrogens with zero attached hydrogens (tertiary/aromatic N) is 4. The van der Waals surface area contributed by atoms with E-state index in [-0.39, 0.29) is 0 Å². The van der Waals surface area contributed by atoms with Crippen molar-refractivity contribution < 1.29 is 4.57 Å². The average Bonchev–Trinajstić information content (AvgIpc) is 3.78. The number of H-pyrrole nitrogens is 1. The number of benzene rings is 8. The highest BCUT2D eigenvalue weighted by molar-refractivity contribution is 6.34. The Morgan fingerprint density at radius 1 is 0.481 bits per heavy atom. The smallest absolute Gasteiger partial charge is 0.273 e. The minimum absolute atomic E-state index is 0.632. The summed E-state index contributed by atoms with van der Waals surface area (Å²) in [5, 5.41) is 8.13. The summed E-state index contributed by atoms with van der Waals surface area (Å²) in [7, 11) is 0. The van der Waals surface area contributed by atoms with Gasteiger partial charge in [0.1, 0.15) is 11.2 Å². The van der Waals surface area contributed by atoms with Gasteiger partial charge < -0.3 is 0 Å². The van der Waals surface area contributed by atoms with Crippen molar-refractivity contribution in [2.24, 2.45) is 0 Å². The summed E-state index contributed by atoms with van der Waals surface area (Å²) >= 11 is 0. The molecule has 0 unspecified atom stereocenters. The first-order chi connectivity index (χ1) is 25.8. The highest BCUT2D eigenvalue weighted by Crippen LogP contribution is 2.44. The van der Waals surface area contributed by atoms with Crippen molar-refractivity contribution in [2.45, 2.75) is 0 Å². The Kier molecular flexibility index (Phi) is 6.18. The van der Waals surface area contributed by atoms with Gasteiger partial charge in [-0.25, -0.2) is 15.0 Å². The molecule has 0 spiro atoms. The van der Waals surface area contributed by atoms with E-state index in [1.807, 2.05) is 6.07 Å². The molecule has 0 bridgehead atoms. The van der Waals surface area contributed by atoms with Crippen LogP contribution in [0.15, 0.2) is 176 Å². The molecule has 0 atom stereocenters. The molecular formula is C47H30N5+. The summed E-state index contributed by atoms with van der Waals surface area (Å²) in [4.78, 5) is 14.8. The number of hydrogen-bond acceptors (Lipinski definition) is 2. The average molecular weight is 665 g/mol. The molecule has 0 saturated carbocycles. The molecule has 11 aromatic rings. The van der Waals surface area contributed by atoms with E-state index in [4.69, 9.17) is 9.97 Å². The van der Waals surface area contributed by atoms with Gasteiger partial charge in [0, 0.05) is 27.1 Å². The minimum Gasteiger partial charge on any atom is -0.273 e. The minimum atomic E-state index is 0.632. The zero-order valence-corrected chi connectivity index (χ0v) is 28.0. The van der Waals surface area contributed by atoms with E-state index in [1.54, 1.807) is 0 Å². The second-order valence-electron chi connectivity index (χ2n) is 13.3. The van der Waals surface area contributed by atoms with Crippen molar-refractivity contribution in [3.8, 4) is 34.3 Å². The van der Waals surface area contributed by atoms with Crippen LogP contribution in [0.3, 0.4) is 0 Å². The first-order valence-corrected chi connectivity index (χ1v) is 17.6. The fraction of sp³-hybridized carbons (Fsp3) is 0. The molecule has 1 N–H and O–H groups in total. The Morgan fingerprint density at radius 2 is 1.12 bits per heavy atom. The molecule has 0 aliphatic rings. The number of para-hydroxylation sites is 3. The first-order valence-electron chi connectivity index (χ1n) is 17.6. The van der Waals surface area contributed by atoms with Gasteiger partial charge in [-0.2, -0.15) is 4.57 Å². The Bertz CT molecular complexity index is 3160. The zero-order chi connectivity index (χ0) is 34.2. The molecule has 3 aromatic heterocycles. The fourth-order valence-electron chi connectivity index (χ4n) is 8.17. The SMILES string of the molecule is c1ccc(-c2nc(-n3c4ccccc4c4c5ccc6ccccc6c5c5[nH]c(-c6ccccc6)[n+](-c6ccccc6)c5c43)nc3ccccc23)cc1. The number of aromatic amines is 1. The molecule has 0 aliphatic carbocycles. The van der Waals surface area contributed by atoms with E-state index in [0.29, 0.717) is 5.95 Å². The third kappa shape index (κ3) is 4.14. The zero-order valence-electron chi connectivity index (χ0n) is 28.0. The molecule has 0 aliphatic heterocycles. The van der Waals surface area contributed by atoms with Crippen LogP contribution in [-0.4, -0.2) is 19.5 Å². The number of rotatable bonds is 4. The van der Waals surface area contributed by atoms with Gasteiger partial charge in [0.2, 0.25) is 11.5 Å². The van der Waals surface area contributed by atoms with E-state index in [0.717, 1.165) is 66.7 Å². The van der Waals surface area contributed by atoms with E-state index >= 15 is 0 Å². The van der Waals surface area contributed by atoms with E-state index in [1.165, 1.54) is 26.9 Å². The number of fused-ring (bicyclic) bond motifs is 11.